The molecule has 1 N–H and O–H groups in total. The molecule has 1 saturated heterocycles. The predicted octanol–water partition coefficient (Wildman–Crippen LogP) is 5.65. The van der Waals surface area contributed by atoms with Crippen molar-refractivity contribution in [2.45, 2.75) is 83.1 Å². The topological polar surface area (TPSA) is 85.3 Å². The van der Waals surface area contributed by atoms with Crippen molar-refractivity contribution in [1.82, 2.24) is 4.90 Å². The van der Waals surface area contributed by atoms with Gasteiger partial charge in [-0.3, -0.25) is 14.5 Å². The first-order valence-electron chi connectivity index (χ1n) is 14.6. The minimum absolute atomic E-state index is 0.0170. The first-order valence-corrected chi connectivity index (χ1v) is 14.6. The van der Waals surface area contributed by atoms with Gasteiger partial charge in [-0.1, -0.05) is 73.2 Å². The average molecular weight is 550 g/mol. The van der Waals surface area contributed by atoms with E-state index in [1.807, 2.05) is 18.2 Å². The second kappa shape index (κ2) is 15.7. The molecule has 0 aromatic heterocycles. The van der Waals surface area contributed by atoms with Crippen molar-refractivity contribution in [2.24, 2.45) is 5.92 Å². The van der Waals surface area contributed by atoms with Gasteiger partial charge < -0.3 is 19.3 Å². The maximum absolute atomic E-state index is 11.8. The van der Waals surface area contributed by atoms with Crippen LogP contribution in [0.15, 0.2) is 66.7 Å². The molecule has 1 heterocycles. The highest BCUT2D eigenvalue weighted by molar-refractivity contribution is 5.70. The number of rotatable bonds is 13. The number of hydrogen-bond donors (Lipinski definition) is 1. The largest absolute Gasteiger partial charge is 0.428 e. The Morgan fingerprint density at radius 1 is 0.950 bits per heavy atom. The Bertz CT molecular complexity index is 1080. The molecule has 2 fully saturated rings. The van der Waals surface area contributed by atoms with Gasteiger partial charge in [0, 0.05) is 31.7 Å². The number of piperidine rings is 1. The zero-order valence-corrected chi connectivity index (χ0v) is 23.6. The van der Waals surface area contributed by atoms with Crippen LogP contribution in [0.25, 0.3) is 11.1 Å². The van der Waals surface area contributed by atoms with Crippen LogP contribution in [0.5, 0.6) is 0 Å². The minimum atomic E-state index is -0.473. The van der Waals surface area contributed by atoms with Crippen LogP contribution in [-0.4, -0.2) is 60.1 Å². The zero-order chi connectivity index (χ0) is 28.2. The fourth-order valence-electron chi connectivity index (χ4n) is 5.88. The molecule has 0 spiro atoms. The Balaban J connectivity index is 1.30. The van der Waals surface area contributed by atoms with E-state index >= 15 is 0 Å². The number of ether oxygens (including phenoxy) is 3. The molecular formula is C33H43NO6. The summed E-state index contributed by atoms with van der Waals surface area (Å²) in [4.78, 5) is 25.0. The smallest absolute Gasteiger partial charge is 0.308 e. The summed E-state index contributed by atoms with van der Waals surface area (Å²) in [6.45, 7) is 3.53. The summed E-state index contributed by atoms with van der Waals surface area (Å²) in [6.07, 6.45) is 10.7. The lowest BCUT2D eigenvalue weighted by Gasteiger charge is -2.37. The lowest BCUT2D eigenvalue weighted by molar-refractivity contribution is -0.165. The summed E-state index contributed by atoms with van der Waals surface area (Å²) in [5, 5.41) is 11.1. The van der Waals surface area contributed by atoms with Crippen molar-refractivity contribution in [2.75, 3.05) is 19.9 Å². The number of aliphatic hydroxyl groups excluding tert-OH is 1. The first-order chi connectivity index (χ1) is 19.5. The highest BCUT2D eigenvalue weighted by Gasteiger charge is 2.45. The van der Waals surface area contributed by atoms with Crippen LogP contribution in [0.3, 0.4) is 0 Å². The Morgan fingerprint density at radius 3 is 2.40 bits per heavy atom. The van der Waals surface area contributed by atoms with E-state index in [4.69, 9.17) is 9.47 Å². The Labute approximate surface area is 238 Å². The number of unbranched alkanes of at least 4 members (excludes halogenated alkanes) is 1. The van der Waals surface area contributed by atoms with Gasteiger partial charge in [0.2, 0.25) is 6.79 Å². The second-order valence-electron chi connectivity index (χ2n) is 10.8. The van der Waals surface area contributed by atoms with Crippen LogP contribution in [0.4, 0.5) is 0 Å². The van der Waals surface area contributed by atoms with Gasteiger partial charge in [-0.05, 0) is 61.9 Å². The third-order valence-corrected chi connectivity index (χ3v) is 7.93. The van der Waals surface area contributed by atoms with Gasteiger partial charge in [-0.25, -0.2) is 0 Å². The Hall–Kier alpha value is -3.00. The van der Waals surface area contributed by atoms with Gasteiger partial charge in [0.25, 0.3) is 0 Å². The number of nitrogens with zero attached hydrogens (tertiary/aromatic N) is 1. The number of likely N-dealkylation sites (tertiary alicyclic amines) is 1. The summed E-state index contributed by atoms with van der Waals surface area (Å²) >= 11 is 0. The third kappa shape index (κ3) is 9.01. The fraction of sp³-hybridized carbons (Fsp3) is 0.515. The van der Waals surface area contributed by atoms with Gasteiger partial charge >= 0.3 is 11.9 Å². The molecule has 1 saturated carbocycles. The Kier molecular flexibility index (Phi) is 11.8. The van der Waals surface area contributed by atoms with Crippen LogP contribution in [0.2, 0.25) is 0 Å². The maximum atomic E-state index is 11.8. The average Bonchev–Trinajstić information content (AvgIpc) is 3.29. The molecule has 4 rings (SSSR count). The number of aliphatic hydroxyl groups is 1. The van der Waals surface area contributed by atoms with Gasteiger partial charge in [-0.15, -0.1) is 0 Å². The van der Waals surface area contributed by atoms with Gasteiger partial charge in [0.1, 0.15) is 0 Å². The first kappa shape index (κ1) is 30.0. The lowest BCUT2D eigenvalue weighted by atomic mass is 9.93. The normalized spacial score (nSPS) is 23.4. The molecule has 7 heteroatoms. The molecule has 1 aliphatic carbocycles. The molecule has 1 aliphatic heterocycles. The van der Waals surface area contributed by atoms with Crippen LogP contribution >= 0.6 is 0 Å². The number of carbonyl (C=O) groups is 2. The summed E-state index contributed by atoms with van der Waals surface area (Å²) in [6, 6.07) is 19.0. The molecule has 2 aromatic rings. The van der Waals surface area contributed by atoms with E-state index in [2.05, 4.69) is 58.2 Å². The molecule has 4 atom stereocenters. The molecule has 0 unspecified atom stereocenters. The van der Waals surface area contributed by atoms with Gasteiger partial charge in [0.15, 0.2) is 0 Å². The Morgan fingerprint density at radius 2 is 1.68 bits per heavy atom. The molecule has 2 aliphatic rings. The van der Waals surface area contributed by atoms with E-state index in [1.54, 1.807) is 0 Å². The maximum Gasteiger partial charge on any atom is 0.308 e. The number of esters is 2. The molecule has 7 nitrogen and oxygen atoms in total. The second-order valence-corrected chi connectivity index (χ2v) is 10.8. The molecule has 2 aromatic carbocycles. The minimum Gasteiger partial charge on any atom is -0.428 e. The number of benzene rings is 2. The molecule has 0 bridgehead atoms. The van der Waals surface area contributed by atoms with E-state index in [9.17, 15) is 14.7 Å². The van der Waals surface area contributed by atoms with Crippen molar-refractivity contribution in [3.05, 3.63) is 72.3 Å². The van der Waals surface area contributed by atoms with Crippen LogP contribution in [0, 0.1) is 5.92 Å². The molecule has 0 amide bonds. The number of allylic oxidation sites excluding steroid dienone is 2. The van der Waals surface area contributed by atoms with Crippen LogP contribution in [-0.2, 0) is 30.4 Å². The van der Waals surface area contributed by atoms with Crippen molar-refractivity contribution in [3.63, 3.8) is 0 Å². The number of carbonyl (C=O) groups excluding carboxylic acids is 2. The molecule has 216 valence electrons. The predicted molar refractivity (Wildman–Crippen MR) is 154 cm³/mol. The van der Waals surface area contributed by atoms with Gasteiger partial charge in [0.05, 0.1) is 18.8 Å². The highest BCUT2D eigenvalue weighted by atomic mass is 16.7. The van der Waals surface area contributed by atoms with Crippen molar-refractivity contribution < 1.29 is 28.9 Å². The molecule has 40 heavy (non-hydrogen) atoms. The lowest BCUT2D eigenvalue weighted by Crippen LogP contribution is -2.47. The van der Waals surface area contributed by atoms with Crippen molar-refractivity contribution >= 4 is 11.9 Å². The van der Waals surface area contributed by atoms with E-state index < -0.39 is 12.1 Å². The molecule has 0 radical (unpaired) electrons. The standard InChI is InChI=1S/C33H43NO6/c1-25(35)39-24-40-32(37)15-9-3-2-8-14-29-31(22-30(36)33(29)34-20-10-5-11-21-34)38-23-26-16-18-28(19-17-26)27-12-6-4-7-13-27/h2,4,6-8,12-13,16-19,29-31,33,36H,3,5,9-11,14-15,20-24H2,1H3/b8-2-/t29-,30-,31-,33+/m0/s1. The molecular weight excluding hydrogens is 506 g/mol. The summed E-state index contributed by atoms with van der Waals surface area (Å²) in [7, 11) is 0. The van der Waals surface area contributed by atoms with Gasteiger partial charge in [-0.2, -0.15) is 0 Å². The summed E-state index contributed by atoms with van der Waals surface area (Å²) in [5.74, 6) is -0.635. The number of hydrogen-bond acceptors (Lipinski definition) is 7. The van der Waals surface area contributed by atoms with E-state index in [1.165, 1.54) is 37.3 Å². The van der Waals surface area contributed by atoms with E-state index in [0.717, 1.165) is 31.5 Å². The summed E-state index contributed by atoms with van der Waals surface area (Å²) < 4.78 is 16.0. The fourth-order valence-corrected chi connectivity index (χ4v) is 5.88. The van der Waals surface area contributed by atoms with Crippen LogP contribution in [0.1, 0.15) is 63.9 Å². The zero-order valence-electron chi connectivity index (χ0n) is 23.6. The third-order valence-electron chi connectivity index (χ3n) is 7.93. The van der Waals surface area contributed by atoms with Crippen molar-refractivity contribution in [1.29, 1.82) is 0 Å². The SMILES string of the molecule is CC(=O)OCOC(=O)CCC/C=C\C[C@@H]1[C@@H](N2CCCCC2)[C@@H](O)C[C@@H]1OCc1ccc(-c2ccccc2)cc1. The highest BCUT2D eigenvalue weighted by Crippen LogP contribution is 2.37. The van der Waals surface area contributed by atoms with E-state index in [0.29, 0.717) is 19.4 Å². The monoisotopic (exact) mass is 549 g/mol. The summed E-state index contributed by atoms with van der Waals surface area (Å²) in [5.41, 5.74) is 3.51. The quantitative estimate of drug-likeness (QED) is 0.149. The van der Waals surface area contributed by atoms with Crippen LogP contribution < -0.4 is 0 Å². The van der Waals surface area contributed by atoms with Crippen molar-refractivity contribution in [3.8, 4) is 11.1 Å². The van der Waals surface area contributed by atoms with E-state index in [-0.39, 0.29) is 37.2 Å².